The minimum absolute atomic E-state index is 0.0704. The first-order valence-electron chi connectivity index (χ1n) is 16.0. The number of halogens is 2. The minimum atomic E-state index is -3.28. The molecule has 2 amide bonds. The highest BCUT2D eigenvalue weighted by Gasteiger charge is 2.49. The van der Waals surface area contributed by atoms with Gasteiger partial charge in [0.15, 0.2) is 0 Å². The topological polar surface area (TPSA) is 133 Å². The number of amides is 2. The first-order valence-corrected chi connectivity index (χ1v) is 16.0. The van der Waals surface area contributed by atoms with Gasteiger partial charge in [-0.2, -0.15) is 0 Å². The Kier molecular flexibility index (Phi) is 8.75. The van der Waals surface area contributed by atoms with Gasteiger partial charge in [0.05, 0.1) is 23.7 Å². The molecule has 1 saturated carbocycles. The number of alkyl halides is 2. The number of rotatable bonds is 3. The van der Waals surface area contributed by atoms with E-state index in [2.05, 4.69) is 20.3 Å². The van der Waals surface area contributed by atoms with E-state index < -0.39 is 53.9 Å². The number of nitrogens with zero attached hydrogens (tertiary/aromatic N) is 4. The molecule has 6 rings (SSSR count). The summed E-state index contributed by atoms with van der Waals surface area (Å²) in [6.07, 6.45) is 3.28. The Morgan fingerprint density at radius 1 is 1.11 bits per heavy atom. The van der Waals surface area contributed by atoms with Crippen molar-refractivity contribution in [3.63, 3.8) is 0 Å². The van der Waals surface area contributed by atoms with Crippen molar-refractivity contribution < 1.29 is 37.4 Å². The molecule has 0 unspecified atom stereocenters. The summed E-state index contributed by atoms with van der Waals surface area (Å²) in [4.78, 5) is 53.1. The molecule has 0 radical (unpaired) electrons. The number of aromatic nitrogens is 3. The number of carbonyl (C=O) groups excluding carboxylic acids is 3. The van der Waals surface area contributed by atoms with E-state index in [9.17, 15) is 14.4 Å². The number of nitrogens with one attached hydrogen (secondary N) is 1. The first kappa shape index (κ1) is 32.5. The zero-order valence-corrected chi connectivity index (χ0v) is 26.8. The summed E-state index contributed by atoms with van der Waals surface area (Å²) in [5.41, 5.74) is -0.729. The standard InChI is InChI=1S/C34H39F2N5O6/c1-19-25(17-42)41-16-27(19)46-30-23(13-20-8-9-22(15-24(20)39-30)45-28-10-12-37-18-38-28)34(35,36)11-6-5-7-21-14-26(21)47-32(44)40-29(31(41)43)33(2,3)4/h8-10,12-13,15,17-19,21,25-27,29H,5-7,11,14,16H2,1-4H3,(H,40,44)/t19-,21+,25+,26+,27-,29+/m0/s1. The van der Waals surface area contributed by atoms with E-state index in [1.165, 1.54) is 23.5 Å². The van der Waals surface area contributed by atoms with Gasteiger partial charge in [0, 0.05) is 36.1 Å². The Morgan fingerprint density at radius 2 is 1.91 bits per heavy atom. The first-order chi connectivity index (χ1) is 22.3. The van der Waals surface area contributed by atoms with Gasteiger partial charge in [-0.15, -0.1) is 0 Å². The van der Waals surface area contributed by atoms with Crippen LogP contribution in [0.5, 0.6) is 17.5 Å². The SMILES string of the molecule is C[C@@H]1[C@@H]2CN(C(=O)[C@H](C(C)(C)C)NC(=O)O[C@@H]3C[C@H]3CCCCC(F)(F)c3cc4ccc(Oc5ccncn5)cc4nc3O2)[C@@H]1C=O. The zero-order valence-electron chi connectivity index (χ0n) is 26.8. The van der Waals surface area contributed by atoms with Crippen LogP contribution in [0.4, 0.5) is 13.6 Å². The van der Waals surface area contributed by atoms with Crippen molar-refractivity contribution in [2.75, 3.05) is 6.54 Å². The average molecular weight is 652 g/mol. The quantitative estimate of drug-likeness (QED) is 0.349. The average Bonchev–Trinajstić information content (AvgIpc) is 3.68. The van der Waals surface area contributed by atoms with E-state index >= 15 is 8.78 Å². The van der Waals surface area contributed by atoms with Crippen molar-refractivity contribution in [1.82, 2.24) is 25.2 Å². The lowest BCUT2D eigenvalue weighted by atomic mass is 9.85. The van der Waals surface area contributed by atoms with E-state index in [1.807, 2.05) is 0 Å². The largest absolute Gasteiger partial charge is 0.472 e. The van der Waals surface area contributed by atoms with Gasteiger partial charge < -0.3 is 29.2 Å². The number of hydrogen-bond donors (Lipinski definition) is 1. The minimum Gasteiger partial charge on any atom is -0.472 e. The van der Waals surface area contributed by atoms with Crippen LogP contribution in [0, 0.1) is 17.3 Å². The predicted molar refractivity (Wildman–Crippen MR) is 166 cm³/mol. The third-order valence-electron chi connectivity index (χ3n) is 9.28. The molecular weight excluding hydrogens is 612 g/mol. The van der Waals surface area contributed by atoms with E-state index in [4.69, 9.17) is 14.2 Å². The molecule has 47 heavy (non-hydrogen) atoms. The summed E-state index contributed by atoms with van der Waals surface area (Å²) in [5, 5.41) is 3.20. The van der Waals surface area contributed by atoms with Crippen LogP contribution in [-0.2, 0) is 20.2 Å². The summed E-state index contributed by atoms with van der Waals surface area (Å²) in [5.74, 6) is -3.83. The zero-order chi connectivity index (χ0) is 33.5. The van der Waals surface area contributed by atoms with Crippen molar-refractivity contribution in [3.8, 4) is 17.5 Å². The normalized spacial score (nSPS) is 28.1. The second-order valence-electron chi connectivity index (χ2n) is 13.8. The molecule has 4 heterocycles. The number of carbonyl (C=O) groups is 3. The maximum absolute atomic E-state index is 16.1. The summed E-state index contributed by atoms with van der Waals surface area (Å²) >= 11 is 0. The third kappa shape index (κ3) is 6.98. The maximum Gasteiger partial charge on any atom is 0.408 e. The molecular formula is C34H39F2N5O6. The monoisotopic (exact) mass is 651 g/mol. The van der Waals surface area contributed by atoms with Gasteiger partial charge in [0.25, 0.3) is 5.92 Å². The maximum atomic E-state index is 16.1. The fourth-order valence-electron chi connectivity index (χ4n) is 6.37. The number of alkyl carbamates (subject to hydrolysis) is 1. The van der Waals surface area contributed by atoms with E-state index in [-0.39, 0.29) is 36.4 Å². The molecule has 2 bridgehead atoms. The van der Waals surface area contributed by atoms with E-state index in [0.29, 0.717) is 48.1 Å². The number of pyridine rings is 1. The molecule has 2 fully saturated rings. The smallest absolute Gasteiger partial charge is 0.408 e. The van der Waals surface area contributed by atoms with Crippen molar-refractivity contribution in [1.29, 1.82) is 0 Å². The number of ether oxygens (including phenoxy) is 3. The Bertz CT molecular complexity index is 1650. The van der Waals surface area contributed by atoms with Gasteiger partial charge in [0.1, 0.15) is 36.6 Å². The molecule has 13 heteroatoms. The Balaban J connectivity index is 1.38. The molecule has 0 spiro atoms. The van der Waals surface area contributed by atoms with Crippen molar-refractivity contribution >= 4 is 29.2 Å². The third-order valence-corrected chi connectivity index (χ3v) is 9.28. The molecule has 1 saturated heterocycles. The fourth-order valence-corrected chi connectivity index (χ4v) is 6.37. The van der Waals surface area contributed by atoms with Crippen LogP contribution in [0.15, 0.2) is 42.9 Å². The van der Waals surface area contributed by atoms with Gasteiger partial charge in [0.2, 0.25) is 17.7 Å². The van der Waals surface area contributed by atoms with Crippen LogP contribution in [0.2, 0.25) is 0 Å². The van der Waals surface area contributed by atoms with Crippen molar-refractivity contribution in [2.45, 2.75) is 90.0 Å². The second-order valence-corrected chi connectivity index (χ2v) is 13.8. The lowest BCUT2D eigenvalue weighted by molar-refractivity contribution is -0.139. The molecule has 1 aromatic carbocycles. The second kappa shape index (κ2) is 12.6. The van der Waals surface area contributed by atoms with Crippen molar-refractivity contribution in [3.05, 3.63) is 48.4 Å². The van der Waals surface area contributed by atoms with Gasteiger partial charge in [-0.25, -0.2) is 28.5 Å². The summed E-state index contributed by atoms with van der Waals surface area (Å²) < 4.78 is 49.8. The molecule has 250 valence electrons. The molecule has 1 aliphatic carbocycles. The highest BCUT2D eigenvalue weighted by Crippen LogP contribution is 2.44. The molecule has 3 aromatic rings. The Morgan fingerprint density at radius 3 is 2.64 bits per heavy atom. The Hall–Kier alpha value is -4.42. The van der Waals surface area contributed by atoms with Crippen LogP contribution in [0.25, 0.3) is 10.9 Å². The number of aldehydes is 1. The summed E-state index contributed by atoms with van der Waals surface area (Å²) in [7, 11) is 0. The number of hydrogen-bond acceptors (Lipinski definition) is 9. The molecule has 11 nitrogen and oxygen atoms in total. The van der Waals surface area contributed by atoms with Crippen LogP contribution in [0.3, 0.4) is 0 Å². The molecule has 1 N–H and O–H groups in total. The van der Waals surface area contributed by atoms with Gasteiger partial charge in [-0.1, -0.05) is 34.1 Å². The van der Waals surface area contributed by atoms with E-state index in [0.717, 1.165) is 0 Å². The molecule has 2 aromatic heterocycles. The highest BCUT2D eigenvalue weighted by molar-refractivity contribution is 5.89. The van der Waals surface area contributed by atoms with Gasteiger partial charge >= 0.3 is 6.09 Å². The summed E-state index contributed by atoms with van der Waals surface area (Å²) in [6, 6.07) is 5.96. The highest BCUT2D eigenvalue weighted by atomic mass is 19.3. The molecule has 3 aliphatic rings. The lowest BCUT2D eigenvalue weighted by Crippen LogP contribution is -2.56. The molecule has 2 aliphatic heterocycles. The van der Waals surface area contributed by atoms with Crippen molar-refractivity contribution in [2.24, 2.45) is 17.3 Å². The van der Waals surface area contributed by atoms with Crippen LogP contribution in [-0.4, -0.2) is 69.0 Å². The number of benzene rings is 1. The predicted octanol–water partition coefficient (Wildman–Crippen LogP) is 5.81. The number of fused-ring (bicyclic) bond motifs is 5. The van der Waals surface area contributed by atoms with Gasteiger partial charge in [-0.05, 0) is 48.8 Å². The fraction of sp³-hybridized carbons (Fsp3) is 0.529. The van der Waals surface area contributed by atoms with Gasteiger partial charge in [-0.3, -0.25) is 4.79 Å². The molecule has 6 atom stereocenters. The van der Waals surface area contributed by atoms with Crippen LogP contribution in [0.1, 0.15) is 65.4 Å². The summed E-state index contributed by atoms with van der Waals surface area (Å²) in [6.45, 7) is 7.08. The van der Waals surface area contributed by atoms with E-state index in [1.54, 1.807) is 52.0 Å². The lowest BCUT2D eigenvalue weighted by Gasteiger charge is -2.34. The van der Waals surface area contributed by atoms with Crippen LogP contribution >= 0.6 is 0 Å². The Labute approximate surface area is 271 Å². The van der Waals surface area contributed by atoms with Crippen LogP contribution < -0.4 is 14.8 Å².